The molecule has 16 heavy (non-hydrogen) atoms. The van der Waals surface area contributed by atoms with Gasteiger partial charge in [-0.25, -0.2) is 4.57 Å². The molecule has 0 spiro atoms. The Morgan fingerprint density at radius 1 is 1.81 bits per heavy atom. The van der Waals surface area contributed by atoms with Gasteiger partial charge in [-0.05, 0) is 10.8 Å². The number of aliphatic hydroxyl groups is 1. The number of aliphatic hydroxyl groups excluding tert-OH is 1. The number of aromatic nitrogens is 2. The normalized spacial score (nSPS) is 12.1. The molecule has 1 rings (SSSR count). The second kappa shape index (κ2) is 4.96. The minimum absolute atomic E-state index is 0.000324. The molecule has 1 atom stereocenters. The molecule has 1 aromatic rings. The first-order chi connectivity index (χ1) is 7.51. The van der Waals surface area contributed by atoms with Crippen LogP contribution in [0.4, 0.5) is 5.82 Å². The number of hydrogen-bond acceptors (Lipinski definition) is 4. The van der Waals surface area contributed by atoms with Gasteiger partial charge in [-0.2, -0.15) is 4.98 Å². The monoisotopic (exact) mass is 243 g/mol. The fraction of sp³-hybridized carbons (Fsp3) is 0.444. The van der Waals surface area contributed by atoms with Gasteiger partial charge >= 0.3 is 5.82 Å². The molecule has 0 radical (unpaired) electrons. The number of nitrogens with zero attached hydrogens (tertiary/aromatic N) is 3. The van der Waals surface area contributed by atoms with E-state index in [1.807, 2.05) is 0 Å². The zero-order valence-electron chi connectivity index (χ0n) is 8.55. The van der Waals surface area contributed by atoms with Gasteiger partial charge in [0.1, 0.15) is 12.6 Å². The van der Waals surface area contributed by atoms with Crippen molar-refractivity contribution in [3.63, 3.8) is 0 Å². The van der Waals surface area contributed by atoms with Crippen LogP contribution < -0.4 is 0 Å². The van der Waals surface area contributed by atoms with Crippen LogP contribution in [0.25, 0.3) is 0 Å². The van der Waals surface area contributed by atoms with Gasteiger partial charge in [-0.1, -0.05) is 0 Å². The van der Waals surface area contributed by atoms with E-state index in [0.29, 0.717) is 5.82 Å². The molecule has 1 N–H and O–H groups in total. The van der Waals surface area contributed by atoms with E-state index in [-0.39, 0.29) is 23.9 Å². The van der Waals surface area contributed by atoms with E-state index in [0.717, 1.165) is 0 Å². The maximum atomic E-state index is 10.8. The summed E-state index contributed by atoms with van der Waals surface area (Å²) in [5, 5.41) is 20.2. The Morgan fingerprint density at radius 3 is 2.88 bits per heavy atom. The molecule has 0 aliphatic carbocycles. The van der Waals surface area contributed by atoms with Gasteiger partial charge in [0.05, 0.1) is 5.88 Å². The zero-order chi connectivity index (χ0) is 12.3. The molecule has 1 heterocycles. The van der Waals surface area contributed by atoms with Crippen LogP contribution in [-0.2, 0) is 6.54 Å². The van der Waals surface area contributed by atoms with E-state index in [1.54, 1.807) is 6.92 Å². The molecule has 1 unspecified atom stereocenters. The van der Waals surface area contributed by atoms with Gasteiger partial charge < -0.3 is 15.2 Å². The molecule has 0 fully saturated rings. The van der Waals surface area contributed by atoms with Gasteiger partial charge in [-0.3, -0.25) is 0 Å². The standard InChI is InChI=1S/C9H10ClN3O3/c1-3-8-9(13(15)16)12(6(2)11-8)5-7(14)4-10/h1,7,14H,4-5H2,2H3. The topological polar surface area (TPSA) is 81.2 Å². The van der Waals surface area contributed by atoms with E-state index in [2.05, 4.69) is 10.9 Å². The first-order valence-electron chi connectivity index (χ1n) is 4.43. The number of terminal acetylenes is 1. The molecule has 0 bridgehead atoms. The summed E-state index contributed by atoms with van der Waals surface area (Å²) < 4.78 is 1.25. The number of halogens is 1. The van der Waals surface area contributed by atoms with Crippen molar-refractivity contribution in [3.05, 3.63) is 21.6 Å². The van der Waals surface area contributed by atoms with Crippen molar-refractivity contribution in [1.82, 2.24) is 9.55 Å². The molecule has 6 nitrogen and oxygen atoms in total. The molecular weight excluding hydrogens is 234 g/mol. The van der Waals surface area contributed by atoms with Crippen LogP contribution in [0.1, 0.15) is 11.5 Å². The average molecular weight is 244 g/mol. The van der Waals surface area contributed by atoms with Crippen molar-refractivity contribution in [2.75, 3.05) is 5.88 Å². The first-order valence-corrected chi connectivity index (χ1v) is 4.96. The van der Waals surface area contributed by atoms with E-state index < -0.39 is 11.0 Å². The van der Waals surface area contributed by atoms with Gasteiger partial charge in [0.15, 0.2) is 5.82 Å². The maximum absolute atomic E-state index is 10.8. The highest BCUT2D eigenvalue weighted by Gasteiger charge is 2.25. The van der Waals surface area contributed by atoms with Gasteiger partial charge in [0.2, 0.25) is 5.69 Å². The molecular formula is C9H10ClN3O3. The van der Waals surface area contributed by atoms with Crippen LogP contribution in [0.3, 0.4) is 0 Å². The number of alkyl halides is 1. The van der Waals surface area contributed by atoms with Crippen molar-refractivity contribution in [2.24, 2.45) is 0 Å². The van der Waals surface area contributed by atoms with Crippen molar-refractivity contribution in [2.45, 2.75) is 19.6 Å². The highest BCUT2D eigenvalue weighted by Crippen LogP contribution is 2.20. The predicted octanol–water partition coefficient (Wildman–Crippen LogP) is 0.681. The Balaban J connectivity index is 3.21. The van der Waals surface area contributed by atoms with Gasteiger partial charge in [-0.15, -0.1) is 18.0 Å². The lowest BCUT2D eigenvalue weighted by molar-refractivity contribution is -0.392. The Morgan fingerprint density at radius 2 is 2.44 bits per heavy atom. The van der Waals surface area contributed by atoms with Crippen LogP contribution in [-0.4, -0.2) is 31.6 Å². The molecule has 0 saturated carbocycles. The molecule has 0 amide bonds. The van der Waals surface area contributed by atoms with Gasteiger partial charge in [0, 0.05) is 6.92 Å². The summed E-state index contributed by atoms with van der Waals surface area (Å²) in [5.41, 5.74) is -0.0377. The third-order valence-corrected chi connectivity index (χ3v) is 2.37. The van der Waals surface area contributed by atoms with Crippen LogP contribution in [0.5, 0.6) is 0 Å². The highest BCUT2D eigenvalue weighted by molar-refractivity contribution is 6.18. The van der Waals surface area contributed by atoms with E-state index in [1.165, 1.54) is 4.57 Å². The SMILES string of the molecule is C#Cc1nc(C)n(CC(O)CCl)c1[N+](=O)[O-]. The van der Waals surface area contributed by atoms with Crippen molar-refractivity contribution in [3.8, 4) is 12.3 Å². The first kappa shape index (κ1) is 12.5. The van der Waals surface area contributed by atoms with Crippen LogP contribution in [0.15, 0.2) is 0 Å². The minimum Gasteiger partial charge on any atom is -0.388 e. The summed E-state index contributed by atoms with van der Waals surface area (Å²) in [5.74, 6) is 2.22. The minimum atomic E-state index is -0.876. The molecule has 0 aromatic carbocycles. The number of rotatable bonds is 4. The van der Waals surface area contributed by atoms with Crippen molar-refractivity contribution >= 4 is 17.4 Å². The molecule has 1 aromatic heterocycles. The third kappa shape index (κ3) is 2.32. The van der Waals surface area contributed by atoms with E-state index >= 15 is 0 Å². The van der Waals surface area contributed by atoms with Crippen LogP contribution in [0.2, 0.25) is 0 Å². The summed E-state index contributed by atoms with van der Waals surface area (Å²) >= 11 is 5.43. The van der Waals surface area contributed by atoms with E-state index in [4.69, 9.17) is 18.0 Å². The lowest BCUT2D eigenvalue weighted by Crippen LogP contribution is -2.19. The fourth-order valence-corrected chi connectivity index (χ4v) is 1.41. The molecule has 86 valence electrons. The summed E-state index contributed by atoms with van der Waals surface area (Å²) in [7, 11) is 0. The Bertz CT molecular complexity index is 450. The number of nitro groups is 1. The number of aryl methyl sites for hydroxylation is 1. The fourth-order valence-electron chi connectivity index (χ4n) is 1.31. The predicted molar refractivity (Wildman–Crippen MR) is 58.3 cm³/mol. The molecule has 0 saturated heterocycles. The smallest absolute Gasteiger partial charge is 0.359 e. The summed E-state index contributed by atoms with van der Waals surface area (Å²) in [6.45, 7) is 1.58. The number of hydrogen-bond donors (Lipinski definition) is 1. The van der Waals surface area contributed by atoms with Crippen molar-refractivity contribution < 1.29 is 10.0 Å². The lowest BCUT2D eigenvalue weighted by Gasteiger charge is -2.06. The zero-order valence-corrected chi connectivity index (χ0v) is 9.31. The summed E-state index contributed by atoms with van der Waals surface area (Å²) in [4.78, 5) is 14.1. The lowest BCUT2D eigenvalue weighted by atomic mass is 10.4. The molecule has 0 aliphatic heterocycles. The van der Waals surface area contributed by atoms with Gasteiger partial charge in [0.25, 0.3) is 0 Å². The molecule has 0 aliphatic rings. The average Bonchev–Trinajstić information content (AvgIpc) is 2.55. The Labute approximate surface area is 97.0 Å². The third-order valence-electron chi connectivity index (χ3n) is 2.01. The maximum Gasteiger partial charge on any atom is 0.359 e. The Hall–Kier alpha value is -1.58. The molecule has 7 heteroatoms. The van der Waals surface area contributed by atoms with Crippen LogP contribution >= 0.6 is 11.6 Å². The number of imidazole rings is 1. The second-order valence-electron chi connectivity index (χ2n) is 3.15. The second-order valence-corrected chi connectivity index (χ2v) is 3.46. The summed E-state index contributed by atoms with van der Waals surface area (Å²) in [6, 6.07) is 0. The highest BCUT2D eigenvalue weighted by atomic mass is 35.5. The van der Waals surface area contributed by atoms with E-state index in [9.17, 15) is 15.2 Å². The van der Waals surface area contributed by atoms with Crippen molar-refractivity contribution in [1.29, 1.82) is 0 Å². The Kier molecular flexibility index (Phi) is 3.88. The largest absolute Gasteiger partial charge is 0.388 e. The quantitative estimate of drug-likeness (QED) is 0.365. The van der Waals surface area contributed by atoms with Crippen LogP contribution in [0, 0.1) is 29.4 Å². The summed E-state index contributed by atoms with van der Waals surface area (Å²) in [6.07, 6.45) is 4.24.